The quantitative estimate of drug-likeness (QED) is 0.593. The molecule has 1 heterocycles. The molecule has 1 heteroatoms. The van der Waals surface area contributed by atoms with Crippen molar-refractivity contribution in [1.29, 1.82) is 0 Å². The number of aryl methyl sites for hydroxylation is 1. The van der Waals surface area contributed by atoms with Gasteiger partial charge in [0.05, 0.1) is 0 Å². The smallest absolute Gasteiger partial charge is 0.0394 e. The average Bonchev–Trinajstić information content (AvgIpc) is 2.29. The van der Waals surface area contributed by atoms with E-state index in [4.69, 9.17) is 0 Å². The standard InChI is InChI=1S/C11H11N/c1-7-5-4-6-10-8(2)12-9(3)11(7)10/h4-6,12H,2-3H2,1H3. The zero-order chi connectivity index (χ0) is 8.72. The number of nitrogens with one attached hydrogen (secondary N) is 1. The molecule has 0 spiro atoms. The van der Waals surface area contributed by atoms with Crippen LogP contribution in [-0.2, 0) is 0 Å². The molecule has 1 N–H and O–H groups in total. The lowest BCUT2D eigenvalue weighted by atomic mass is 10.1. The molecule has 0 atom stereocenters. The molecule has 0 saturated carbocycles. The van der Waals surface area contributed by atoms with Gasteiger partial charge in [-0.05, 0) is 12.5 Å². The van der Waals surface area contributed by atoms with E-state index in [-0.39, 0.29) is 0 Å². The summed E-state index contributed by atoms with van der Waals surface area (Å²) in [7, 11) is 0. The molecule has 0 saturated heterocycles. The van der Waals surface area contributed by atoms with Crippen molar-refractivity contribution in [2.24, 2.45) is 0 Å². The van der Waals surface area contributed by atoms with E-state index >= 15 is 0 Å². The summed E-state index contributed by atoms with van der Waals surface area (Å²) in [6.07, 6.45) is 0. The number of H-pyrrole nitrogens is 1. The Kier molecular flexibility index (Phi) is 1.34. The van der Waals surface area contributed by atoms with Gasteiger partial charge in [0.2, 0.25) is 0 Å². The second-order valence-electron chi connectivity index (χ2n) is 3.08. The molecule has 12 heavy (non-hydrogen) atoms. The number of hydrogen-bond acceptors (Lipinski definition) is 0. The molecule has 60 valence electrons. The van der Waals surface area contributed by atoms with E-state index in [1.165, 1.54) is 16.3 Å². The maximum atomic E-state index is 3.93. The zero-order valence-electron chi connectivity index (χ0n) is 7.15. The van der Waals surface area contributed by atoms with Crippen LogP contribution in [0.4, 0.5) is 0 Å². The number of aromatic amines is 1. The molecule has 0 aliphatic rings. The molecule has 2 rings (SSSR count). The van der Waals surface area contributed by atoms with Gasteiger partial charge in [0.25, 0.3) is 0 Å². The molecule has 2 aromatic rings. The third kappa shape index (κ3) is 0.797. The van der Waals surface area contributed by atoms with Gasteiger partial charge in [-0.1, -0.05) is 31.4 Å². The van der Waals surface area contributed by atoms with Gasteiger partial charge in [-0.15, -0.1) is 0 Å². The van der Waals surface area contributed by atoms with E-state index in [1.807, 2.05) is 6.07 Å². The molecular weight excluding hydrogens is 146 g/mol. The van der Waals surface area contributed by atoms with Crippen molar-refractivity contribution in [1.82, 2.24) is 4.98 Å². The Balaban J connectivity index is 3.20. The minimum atomic E-state index is 0.957. The number of rotatable bonds is 0. The molecule has 0 radical (unpaired) electrons. The van der Waals surface area contributed by atoms with Crippen LogP contribution in [0, 0.1) is 6.92 Å². The van der Waals surface area contributed by atoms with Crippen molar-refractivity contribution >= 4 is 23.9 Å². The van der Waals surface area contributed by atoms with Crippen molar-refractivity contribution in [3.63, 3.8) is 0 Å². The van der Waals surface area contributed by atoms with E-state index in [0.717, 1.165) is 10.7 Å². The lowest BCUT2D eigenvalue weighted by molar-refractivity contribution is 1.30. The fourth-order valence-electron chi connectivity index (χ4n) is 1.63. The lowest BCUT2D eigenvalue weighted by Crippen LogP contribution is -2.05. The van der Waals surface area contributed by atoms with Gasteiger partial charge in [0.1, 0.15) is 0 Å². The van der Waals surface area contributed by atoms with E-state index in [0.29, 0.717) is 0 Å². The van der Waals surface area contributed by atoms with Crippen LogP contribution in [0.15, 0.2) is 18.2 Å². The largest absolute Gasteiger partial charge is 0.355 e. The highest BCUT2D eigenvalue weighted by atomic mass is 14.7. The molecule has 0 amide bonds. The normalized spacial score (nSPS) is 10.8. The fourth-order valence-corrected chi connectivity index (χ4v) is 1.63. The molecule has 0 bridgehead atoms. The Labute approximate surface area is 71.0 Å². The van der Waals surface area contributed by atoms with Crippen LogP contribution in [0.1, 0.15) is 5.56 Å². The highest BCUT2D eigenvalue weighted by Crippen LogP contribution is 2.09. The Bertz CT molecular complexity index is 520. The lowest BCUT2D eigenvalue weighted by Gasteiger charge is -1.93. The summed E-state index contributed by atoms with van der Waals surface area (Å²) in [5.74, 6) is 0. The van der Waals surface area contributed by atoms with Crippen molar-refractivity contribution in [2.75, 3.05) is 0 Å². The maximum Gasteiger partial charge on any atom is 0.0394 e. The van der Waals surface area contributed by atoms with Crippen molar-refractivity contribution in [3.8, 4) is 0 Å². The Morgan fingerprint density at radius 1 is 1.17 bits per heavy atom. The first kappa shape index (κ1) is 7.17. The van der Waals surface area contributed by atoms with Gasteiger partial charge < -0.3 is 4.98 Å². The highest BCUT2D eigenvalue weighted by Gasteiger charge is 1.99. The molecule has 1 aromatic carbocycles. The molecule has 1 nitrogen and oxygen atoms in total. The van der Waals surface area contributed by atoms with E-state index in [9.17, 15) is 0 Å². The third-order valence-corrected chi connectivity index (χ3v) is 2.20. The second kappa shape index (κ2) is 2.24. The second-order valence-corrected chi connectivity index (χ2v) is 3.08. The molecule has 0 unspecified atom stereocenters. The monoisotopic (exact) mass is 157 g/mol. The molecule has 1 aromatic heterocycles. The molecular formula is C11H11N. The van der Waals surface area contributed by atoms with Crippen LogP contribution in [0.25, 0.3) is 23.9 Å². The highest BCUT2D eigenvalue weighted by molar-refractivity contribution is 5.86. The third-order valence-electron chi connectivity index (χ3n) is 2.20. The molecule has 0 fully saturated rings. The zero-order valence-corrected chi connectivity index (χ0v) is 7.15. The van der Waals surface area contributed by atoms with E-state index in [2.05, 4.69) is 37.2 Å². The van der Waals surface area contributed by atoms with Gasteiger partial charge in [0.15, 0.2) is 0 Å². The van der Waals surface area contributed by atoms with Crippen molar-refractivity contribution < 1.29 is 0 Å². The Morgan fingerprint density at radius 3 is 2.58 bits per heavy atom. The Morgan fingerprint density at radius 2 is 1.92 bits per heavy atom. The summed E-state index contributed by atoms with van der Waals surface area (Å²) < 4.78 is 0. The first-order valence-corrected chi connectivity index (χ1v) is 3.95. The number of fused-ring (bicyclic) bond motifs is 1. The SMILES string of the molecule is C=c1[nH]c(=C)c2c(C)cccc12. The summed E-state index contributed by atoms with van der Waals surface area (Å²) in [5.41, 5.74) is 1.25. The van der Waals surface area contributed by atoms with E-state index < -0.39 is 0 Å². The van der Waals surface area contributed by atoms with Crippen LogP contribution in [-0.4, -0.2) is 4.98 Å². The van der Waals surface area contributed by atoms with Crippen LogP contribution in [0.3, 0.4) is 0 Å². The van der Waals surface area contributed by atoms with Crippen molar-refractivity contribution in [3.05, 3.63) is 34.5 Å². The summed E-state index contributed by atoms with van der Waals surface area (Å²) in [5, 5.41) is 4.31. The number of benzene rings is 1. The minimum Gasteiger partial charge on any atom is -0.355 e. The first-order valence-electron chi connectivity index (χ1n) is 3.95. The topological polar surface area (TPSA) is 15.8 Å². The predicted molar refractivity (Wildman–Crippen MR) is 53.3 cm³/mol. The maximum absolute atomic E-state index is 3.93. The summed E-state index contributed by atoms with van der Waals surface area (Å²) in [4.78, 5) is 3.13. The van der Waals surface area contributed by atoms with Gasteiger partial charge in [0, 0.05) is 21.5 Å². The van der Waals surface area contributed by atoms with E-state index in [1.54, 1.807) is 0 Å². The van der Waals surface area contributed by atoms with Gasteiger partial charge >= 0.3 is 0 Å². The van der Waals surface area contributed by atoms with Crippen LogP contribution >= 0.6 is 0 Å². The number of aromatic nitrogens is 1. The summed E-state index contributed by atoms with van der Waals surface area (Å²) in [6, 6.07) is 6.19. The average molecular weight is 157 g/mol. The van der Waals surface area contributed by atoms with Gasteiger partial charge in [-0.2, -0.15) is 0 Å². The van der Waals surface area contributed by atoms with Gasteiger partial charge in [-0.3, -0.25) is 0 Å². The molecule has 0 aliphatic heterocycles. The predicted octanol–water partition coefficient (Wildman–Crippen LogP) is 1.30. The molecule has 0 aliphatic carbocycles. The van der Waals surface area contributed by atoms with Crippen LogP contribution < -0.4 is 10.7 Å². The fraction of sp³-hybridized carbons (Fsp3) is 0.0909. The Hall–Kier alpha value is -1.50. The van der Waals surface area contributed by atoms with Gasteiger partial charge in [-0.25, -0.2) is 0 Å². The number of hydrogen-bond donors (Lipinski definition) is 1. The van der Waals surface area contributed by atoms with Crippen LogP contribution in [0.5, 0.6) is 0 Å². The summed E-state index contributed by atoms with van der Waals surface area (Å²) >= 11 is 0. The van der Waals surface area contributed by atoms with Crippen molar-refractivity contribution in [2.45, 2.75) is 6.92 Å². The summed E-state index contributed by atoms with van der Waals surface area (Å²) in [6.45, 7) is 9.94. The van der Waals surface area contributed by atoms with Crippen LogP contribution in [0.2, 0.25) is 0 Å². The minimum absolute atomic E-state index is 0.957. The first-order chi connectivity index (χ1) is 5.70.